The molecule has 8 heteroatoms. The summed E-state index contributed by atoms with van der Waals surface area (Å²) in [5.41, 5.74) is 0.925. The number of methoxy groups -OCH3 is 1. The number of hydrogen-bond acceptors (Lipinski definition) is 5. The molecule has 0 aliphatic heterocycles. The highest BCUT2D eigenvalue weighted by atomic mass is 79.9. The molecule has 0 fully saturated rings. The van der Waals surface area contributed by atoms with E-state index in [2.05, 4.69) is 39.8 Å². The lowest BCUT2D eigenvalue weighted by atomic mass is 10.0. The first-order valence-corrected chi connectivity index (χ1v) is 12.2. The molecule has 1 N–H and O–H groups in total. The predicted octanol–water partition coefficient (Wildman–Crippen LogP) is 4.18. The van der Waals surface area contributed by atoms with E-state index in [0.29, 0.717) is 13.0 Å². The van der Waals surface area contributed by atoms with Crippen LogP contribution in [-0.4, -0.2) is 47.7 Å². The average Bonchev–Trinajstić information content (AvgIpc) is 3.33. The monoisotopic (exact) mass is 510 g/mol. The summed E-state index contributed by atoms with van der Waals surface area (Å²) < 4.78 is 4.57. The molecule has 1 atom stereocenters. The molecule has 0 saturated carbocycles. The summed E-state index contributed by atoms with van der Waals surface area (Å²) in [5.74, 6) is -1.13. The lowest BCUT2D eigenvalue weighted by molar-refractivity contribution is -0.143. The topological polar surface area (TPSA) is 75.7 Å². The number of unbranched alkanes of at least 4 members (excludes halogenated alkanes) is 1. The van der Waals surface area contributed by atoms with Gasteiger partial charge in [-0.2, -0.15) is 0 Å². The normalized spacial score (nSPS) is 11.0. The number of amides is 2. The van der Waals surface area contributed by atoms with Gasteiger partial charge in [0.15, 0.2) is 0 Å². The molecule has 0 bridgehead atoms. The van der Waals surface area contributed by atoms with Gasteiger partial charge in [0.05, 0.1) is 19.0 Å². The maximum atomic E-state index is 12.8. The summed E-state index contributed by atoms with van der Waals surface area (Å²) in [4.78, 5) is 39.3. The molecule has 6 nitrogen and oxygen atoms in total. The van der Waals surface area contributed by atoms with Crippen molar-refractivity contribution in [3.63, 3.8) is 0 Å². The van der Waals surface area contributed by atoms with E-state index in [1.54, 1.807) is 4.90 Å². The second-order valence-corrected chi connectivity index (χ2v) is 8.33. The Kier molecular flexibility index (Phi) is 13.5. The van der Waals surface area contributed by atoms with Crippen LogP contribution in [0.1, 0.15) is 37.1 Å². The lowest BCUT2D eigenvalue weighted by Gasteiger charge is -2.30. The molecular formula is C23H31BrN2O4S. The van der Waals surface area contributed by atoms with Gasteiger partial charge in [-0.05, 0) is 17.0 Å². The molecule has 31 heavy (non-hydrogen) atoms. The second-order valence-electron chi connectivity index (χ2n) is 6.73. The van der Waals surface area contributed by atoms with Crippen LogP contribution in [0, 0.1) is 0 Å². The Labute approximate surface area is 197 Å². The minimum atomic E-state index is -0.746. The van der Waals surface area contributed by atoms with Gasteiger partial charge in [-0.3, -0.25) is 14.4 Å². The molecule has 0 saturated heterocycles. The minimum Gasteiger partial charge on any atom is -0.468 e. The van der Waals surface area contributed by atoms with Crippen molar-refractivity contribution in [1.82, 2.24) is 10.2 Å². The van der Waals surface area contributed by atoms with E-state index in [-0.39, 0.29) is 17.8 Å². The van der Waals surface area contributed by atoms with E-state index in [9.17, 15) is 14.4 Å². The minimum absolute atomic E-state index is 0.105. The number of nitrogens with one attached hydrogen (secondary N) is 1. The summed E-state index contributed by atoms with van der Waals surface area (Å²) in [7, 11) is 1.26. The van der Waals surface area contributed by atoms with Crippen molar-refractivity contribution in [2.24, 2.45) is 0 Å². The number of hydrogen-bond donors (Lipinski definition) is 1. The van der Waals surface area contributed by atoms with Crippen LogP contribution >= 0.6 is 27.3 Å². The average molecular weight is 511 g/mol. The van der Waals surface area contributed by atoms with Gasteiger partial charge in [0.2, 0.25) is 11.8 Å². The summed E-state index contributed by atoms with van der Waals surface area (Å²) in [6.45, 7) is 4.45. The quantitative estimate of drug-likeness (QED) is 0.384. The van der Waals surface area contributed by atoms with Crippen LogP contribution in [-0.2, 0) is 32.1 Å². The van der Waals surface area contributed by atoms with Gasteiger partial charge in [0, 0.05) is 11.3 Å². The highest BCUT2D eigenvalue weighted by Gasteiger charge is 2.30. The molecule has 2 amide bonds. The van der Waals surface area contributed by atoms with Crippen LogP contribution in [0.5, 0.6) is 0 Å². The Morgan fingerprint density at radius 3 is 2.29 bits per heavy atom. The fraction of sp³-hybridized carbons (Fsp3) is 0.435. The summed E-state index contributed by atoms with van der Waals surface area (Å²) in [6, 6.07) is 12.5. The largest absolute Gasteiger partial charge is 0.468 e. The third-order valence-corrected chi connectivity index (χ3v) is 5.77. The number of alkyl halides is 1. The molecule has 0 aliphatic carbocycles. The highest BCUT2D eigenvalue weighted by Crippen LogP contribution is 2.18. The molecule has 0 spiro atoms. The lowest BCUT2D eigenvalue weighted by Crippen LogP contribution is -2.51. The van der Waals surface area contributed by atoms with Crippen molar-refractivity contribution in [2.75, 3.05) is 19.0 Å². The van der Waals surface area contributed by atoms with Crippen molar-refractivity contribution >= 4 is 45.1 Å². The third-order valence-electron chi connectivity index (χ3n) is 4.43. The van der Waals surface area contributed by atoms with Gasteiger partial charge in [-0.25, -0.2) is 0 Å². The van der Waals surface area contributed by atoms with Crippen molar-refractivity contribution < 1.29 is 19.1 Å². The number of esters is 1. The first-order chi connectivity index (χ1) is 15.0. The molecule has 0 radical (unpaired) electrons. The number of nitrogens with zero attached hydrogens (tertiary/aromatic N) is 1. The Morgan fingerprint density at radius 2 is 1.77 bits per heavy atom. The Hall–Kier alpha value is -2.19. The molecule has 2 aromatic rings. The first-order valence-electron chi connectivity index (χ1n) is 10.2. The van der Waals surface area contributed by atoms with Crippen LogP contribution in [0.3, 0.4) is 0 Å². The molecule has 0 aliphatic rings. The van der Waals surface area contributed by atoms with E-state index < -0.39 is 17.9 Å². The first kappa shape index (κ1) is 26.8. The molecule has 170 valence electrons. The SMILES string of the molecule is CCCC.COC(=O)CNC(=O)C(Cc1ccccc1)N(Cc1cccs1)C(=O)CBr. The van der Waals surface area contributed by atoms with E-state index in [1.165, 1.54) is 31.3 Å². The van der Waals surface area contributed by atoms with Gasteiger partial charge in [0.25, 0.3) is 0 Å². The van der Waals surface area contributed by atoms with E-state index in [0.717, 1.165) is 10.4 Å². The second kappa shape index (κ2) is 15.6. The number of benzene rings is 1. The number of thiophene rings is 1. The van der Waals surface area contributed by atoms with Crippen molar-refractivity contribution in [3.8, 4) is 0 Å². The summed E-state index contributed by atoms with van der Waals surface area (Å²) in [5, 5.41) is 4.60. The smallest absolute Gasteiger partial charge is 0.325 e. The Morgan fingerprint density at radius 1 is 1.10 bits per heavy atom. The number of ether oxygens (including phenoxy) is 1. The standard InChI is InChI=1S/C19H21BrN2O4S.C4H10/c1-26-18(24)12-21-19(25)16(10-14-6-3-2-4-7-14)22(17(23)11-20)13-15-8-5-9-27-15;1-3-4-2/h2-9,16H,10-13H2,1H3,(H,21,25);3-4H2,1-2H3. The summed E-state index contributed by atoms with van der Waals surface area (Å²) in [6.07, 6.45) is 2.98. The van der Waals surface area contributed by atoms with Gasteiger partial charge < -0.3 is 15.0 Å². The molecule has 1 heterocycles. The molecule has 2 rings (SSSR count). The number of carbonyl (C=O) groups excluding carboxylic acids is 3. The van der Waals surface area contributed by atoms with Crippen LogP contribution in [0.25, 0.3) is 0 Å². The van der Waals surface area contributed by atoms with E-state index in [4.69, 9.17) is 0 Å². The maximum absolute atomic E-state index is 12.8. The predicted molar refractivity (Wildman–Crippen MR) is 128 cm³/mol. The summed E-state index contributed by atoms with van der Waals surface area (Å²) >= 11 is 4.72. The zero-order valence-electron chi connectivity index (χ0n) is 18.3. The highest BCUT2D eigenvalue weighted by molar-refractivity contribution is 9.09. The molecule has 1 aromatic carbocycles. The Balaban J connectivity index is 0.00000110. The van der Waals surface area contributed by atoms with Crippen LogP contribution < -0.4 is 5.32 Å². The van der Waals surface area contributed by atoms with Crippen molar-refractivity contribution in [2.45, 2.75) is 45.7 Å². The van der Waals surface area contributed by atoms with Crippen LogP contribution in [0.15, 0.2) is 47.8 Å². The van der Waals surface area contributed by atoms with Crippen LogP contribution in [0.2, 0.25) is 0 Å². The number of carbonyl (C=O) groups is 3. The third kappa shape index (κ3) is 10.1. The van der Waals surface area contributed by atoms with Gasteiger partial charge in [-0.1, -0.05) is 79.0 Å². The van der Waals surface area contributed by atoms with Gasteiger partial charge in [0.1, 0.15) is 12.6 Å². The molecular weight excluding hydrogens is 480 g/mol. The van der Waals surface area contributed by atoms with Crippen molar-refractivity contribution in [1.29, 1.82) is 0 Å². The fourth-order valence-electron chi connectivity index (χ4n) is 2.55. The molecule has 1 unspecified atom stereocenters. The maximum Gasteiger partial charge on any atom is 0.325 e. The van der Waals surface area contributed by atoms with Crippen LogP contribution in [0.4, 0.5) is 0 Å². The van der Waals surface area contributed by atoms with Gasteiger partial charge >= 0.3 is 5.97 Å². The zero-order valence-corrected chi connectivity index (χ0v) is 20.7. The zero-order chi connectivity index (χ0) is 23.1. The van der Waals surface area contributed by atoms with E-state index >= 15 is 0 Å². The Bertz CT molecular complexity index is 782. The van der Waals surface area contributed by atoms with E-state index in [1.807, 2.05) is 47.8 Å². The number of halogens is 1. The molecule has 1 aromatic heterocycles. The van der Waals surface area contributed by atoms with Crippen molar-refractivity contribution in [3.05, 3.63) is 58.3 Å². The number of rotatable bonds is 10. The fourth-order valence-corrected chi connectivity index (χ4v) is 3.58. The van der Waals surface area contributed by atoms with Gasteiger partial charge in [-0.15, -0.1) is 11.3 Å².